The molecule has 67 heavy (non-hydrogen) atoms. The summed E-state index contributed by atoms with van der Waals surface area (Å²) in [5.41, 5.74) is 2.04. The summed E-state index contributed by atoms with van der Waals surface area (Å²) in [6, 6.07) is 7.59. The van der Waals surface area contributed by atoms with Crippen molar-refractivity contribution in [2.45, 2.75) is 89.9 Å². The number of ether oxygens (including phenoxy) is 3. The van der Waals surface area contributed by atoms with Crippen LogP contribution in [0.2, 0.25) is 0 Å². The molecule has 7 rings (SSSR count). The second-order valence-corrected chi connectivity index (χ2v) is 20.4. The van der Waals surface area contributed by atoms with E-state index in [2.05, 4.69) is 15.5 Å². The number of nitrogens with zero attached hydrogens (tertiary/aromatic N) is 4. The minimum atomic E-state index is -3.68. The predicted molar refractivity (Wildman–Crippen MR) is 248 cm³/mol. The molecule has 0 spiro atoms. The van der Waals surface area contributed by atoms with Gasteiger partial charge in [-0.1, -0.05) is 37.8 Å². The van der Waals surface area contributed by atoms with E-state index in [0.717, 1.165) is 73.3 Å². The Morgan fingerprint density at radius 1 is 0.910 bits per heavy atom. The molecule has 360 valence electrons. The van der Waals surface area contributed by atoms with Gasteiger partial charge in [0.25, 0.3) is 17.7 Å². The van der Waals surface area contributed by atoms with Gasteiger partial charge in [-0.15, -0.1) is 11.3 Å². The number of hydrogen-bond acceptors (Lipinski definition) is 14. The summed E-state index contributed by atoms with van der Waals surface area (Å²) in [7, 11) is -2.21. The Morgan fingerprint density at radius 2 is 1.66 bits per heavy atom. The second-order valence-electron chi connectivity index (χ2n) is 17.2. The minimum Gasteiger partial charge on any atom is -0.493 e. The van der Waals surface area contributed by atoms with Crippen molar-refractivity contribution in [2.24, 2.45) is 0 Å². The largest absolute Gasteiger partial charge is 0.493 e. The van der Waals surface area contributed by atoms with Crippen LogP contribution in [-0.2, 0) is 46.9 Å². The number of anilines is 1. The fraction of sp³-hybridized carbons (Fsp3) is 0.511. The maximum Gasteiger partial charge on any atom is 0.264 e. The molecular weight excluding hydrogens is 905 g/mol. The van der Waals surface area contributed by atoms with Crippen molar-refractivity contribution < 1.29 is 56.2 Å². The topological polar surface area (TPSA) is 218 Å². The van der Waals surface area contributed by atoms with E-state index >= 15 is 0 Å². The first-order valence-electron chi connectivity index (χ1n) is 22.8. The van der Waals surface area contributed by atoms with Crippen LogP contribution in [0.4, 0.5) is 5.69 Å². The van der Waals surface area contributed by atoms with Gasteiger partial charge in [0.15, 0.2) is 11.5 Å². The van der Waals surface area contributed by atoms with Crippen LogP contribution in [0.5, 0.6) is 11.5 Å². The van der Waals surface area contributed by atoms with Crippen LogP contribution in [0.15, 0.2) is 41.8 Å². The monoisotopic (exact) mass is 962 g/mol. The molecule has 2 fully saturated rings. The fourth-order valence-electron chi connectivity index (χ4n) is 9.07. The molecule has 2 atom stereocenters. The van der Waals surface area contributed by atoms with Crippen molar-refractivity contribution in [3.63, 3.8) is 0 Å². The first-order valence-corrected chi connectivity index (χ1v) is 25.7. The number of rotatable bonds is 22. The van der Waals surface area contributed by atoms with Crippen LogP contribution in [0.1, 0.15) is 118 Å². The van der Waals surface area contributed by atoms with E-state index in [1.165, 1.54) is 29.4 Å². The molecule has 1 aromatic heterocycles. The molecule has 1 unspecified atom stereocenters. The van der Waals surface area contributed by atoms with E-state index in [9.17, 15) is 42.0 Å². The Labute approximate surface area is 394 Å². The molecule has 18 nitrogen and oxygen atoms in total. The van der Waals surface area contributed by atoms with Gasteiger partial charge in [0.2, 0.25) is 23.6 Å². The number of piperidine rings is 1. The van der Waals surface area contributed by atoms with E-state index in [1.54, 1.807) is 42.6 Å². The molecule has 5 heterocycles. The van der Waals surface area contributed by atoms with Crippen LogP contribution >= 0.6 is 11.3 Å². The molecule has 0 saturated carbocycles. The zero-order chi connectivity index (χ0) is 47.8. The number of methoxy groups -OCH3 is 1. The number of imide groups is 2. The third kappa shape index (κ3) is 11.7. The molecule has 0 aliphatic carbocycles. The third-order valence-corrected chi connectivity index (χ3v) is 14.5. The van der Waals surface area contributed by atoms with Crippen molar-refractivity contribution in [1.82, 2.24) is 24.9 Å². The number of sulfone groups is 1. The summed E-state index contributed by atoms with van der Waals surface area (Å²) >= 11 is 1.40. The quantitative estimate of drug-likeness (QED) is 0.106. The smallest absolute Gasteiger partial charge is 0.264 e. The van der Waals surface area contributed by atoms with Crippen molar-refractivity contribution in [1.29, 1.82) is 0 Å². The second kappa shape index (κ2) is 21.9. The number of hydrogen-bond donors (Lipinski definition) is 2. The Hall–Kier alpha value is -5.70. The zero-order valence-corrected chi connectivity index (χ0v) is 39.8. The van der Waals surface area contributed by atoms with Crippen molar-refractivity contribution in [2.75, 3.05) is 70.4 Å². The van der Waals surface area contributed by atoms with Gasteiger partial charge in [-0.2, -0.15) is 0 Å². The maximum absolute atomic E-state index is 14.0. The SMILES string of the molecule is CCOc1cc([C@@H](CS(C)(=O)=O)N2C(=O)c3cccc(NC(=O)CCCCCCCCN4CCN(C(=O)COCc5scc6c5CN(C5CCC(=O)NC5=O)C6=O)CC4)c3C2=O)ccc1OC. The Balaban J connectivity index is 0.778. The molecule has 0 radical (unpaired) electrons. The molecule has 4 aliphatic heterocycles. The summed E-state index contributed by atoms with van der Waals surface area (Å²) in [5, 5.41) is 6.90. The summed E-state index contributed by atoms with van der Waals surface area (Å²) in [5.74, 6) is -2.48. The highest BCUT2D eigenvalue weighted by Gasteiger charge is 2.44. The average molecular weight is 963 g/mol. The highest BCUT2D eigenvalue weighted by atomic mass is 32.2. The van der Waals surface area contributed by atoms with Crippen LogP contribution in [0.3, 0.4) is 0 Å². The first-order chi connectivity index (χ1) is 32.2. The lowest BCUT2D eigenvalue weighted by molar-refractivity contribution is -0.138. The minimum absolute atomic E-state index is 0.0248. The standard InChI is InChI=1S/C47H58N6O12S2/c1-4-65-38-24-30(15-17-37(38)63-2)36(29-67(3,61)62)53-46(59)31-12-11-13-34(43(31)47(53)60)48-40(54)14-9-7-5-6-8-10-19-50-20-22-51(23-21-50)42(56)27-64-26-39-32-25-52(45(58)33(32)28-66-39)35-16-18-41(55)49-44(35)57/h11-13,15,17,24,28,35-36H,4-10,14,16,18-23,25-27,29H2,1-3H3,(H,48,54)(H,49,55,57)/t35?,36-/m1/s1. The van der Waals surface area contributed by atoms with E-state index in [1.807, 2.05) is 4.90 Å². The summed E-state index contributed by atoms with van der Waals surface area (Å²) in [6.45, 7) is 6.22. The van der Waals surface area contributed by atoms with Gasteiger partial charge in [0.1, 0.15) is 22.5 Å². The lowest BCUT2D eigenvalue weighted by Gasteiger charge is -2.34. The van der Waals surface area contributed by atoms with Gasteiger partial charge in [-0.05, 0) is 62.6 Å². The highest BCUT2D eigenvalue weighted by molar-refractivity contribution is 7.90. The number of carbonyl (C=O) groups excluding carboxylic acids is 7. The lowest BCUT2D eigenvalue weighted by atomic mass is 10.0. The maximum atomic E-state index is 14.0. The molecule has 2 saturated heterocycles. The predicted octanol–water partition coefficient (Wildman–Crippen LogP) is 4.33. The molecule has 7 amide bonds. The zero-order valence-electron chi connectivity index (χ0n) is 38.1. The van der Waals surface area contributed by atoms with Gasteiger partial charge in [-0.25, -0.2) is 8.42 Å². The number of amides is 7. The van der Waals surface area contributed by atoms with E-state index in [4.69, 9.17) is 14.2 Å². The van der Waals surface area contributed by atoms with Gasteiger partial charge in [-0.3, -0.25) is 48.7 Å². The fourth-order valence-corrected chi connectivity index (χ4v) is 11.0. The Kier molecular flexibility index (Phi) is 16.1. The molecule has 2 aromatic carbocycles. The first kappa shape index (κ1) is 49.2. The van der Waals surface area contributed by atoms with Crippen molar-refractivity contribution in [3.05, 3.63) is 74.5 Å². The Bertz CT molecular complexity index is 2500. The molecular formula is C47H58N6O12S2. The van der Waals surface area contributed by atoms with Crippen molar-refractivity contribution in [3.8, 4) is 11.5 Å². The normalized spacial score (nSPS) is 18.0. The molecule has 2 N–H and O–H groups in total. The molecule has 20 heteroatoms. The van der Waals surface area contributed by atoms with E-state index < -0.39 is 45.4 Å². The highest BCUT2D eigenvalue weighted by Crippen LogP contribution is 2.39. The number of unbranched alkanes of at least 4 members (excludes halogenated alkanes) is 5. The van der Waals surface area contributed by atoms with Gasteiger partial charge in [0, 0.05) is 67.6 Å². The van der Waals surface area contributed by atoms with E-state index in [0.29, 0.717) is 55.2 Å². The summed E-state index contributed by atoms with van der Waals surface area (Å²) in [4.78, 5) is 98.2. The number of thiophene rings is 1. The number of fused-ring (bicyclic) bond motifs is 2. The Morgan fingerprint density at radius 3 is 2.37 bits per heavy atom. The van der Waals surface area contributed by atoms with E-state index in [-0.39, 0.29) is 73.0 Å². The van der Waals surface area contributed by atoms with Crippen LogP contribution in [0.25, 0.3) is 0 Å². The van der Waals surface area contributed by atoms with Gasteiger partial charge in [0.05, 0.1) is 54.5 Å². The number of benzene rings is 2. The number of carbonyl (C=O) groups is 7. The summed E-state index contributed by atoms with van der Waals surface area (Å²) in [6.07, 6.45) is 7.29. The van der Waals surface area contributed by atoms with Crippen LogP contribution < -0.4 is 20.1 Å². The van der Waals surface area contributed by atoms with Gasteiger partial charge < -0.3 is 29.3 Å². The lowest BCUT2D eigenvalue weighted by Crippen LogP contribution is -2.52. The van der Waals surface area contributed by atoms with Crippen molar-refractivity contribution >= 4 is 68.2 Å². The molecule has 4 aliphatic rings. The number of nitrogens with one attached hydrogen (secondary N) is 2. The summed E-state index contributed by atoms with van der Waals surface area (Å²) < 4.78 is 42.1. The van der Waals surface area contributed by atoms with Gasteiger partial charge >= 0.3 is 0 Å². The van der Waals surface area contributed by atoms with Crippen LogP contribution in [0, 0.1) is 0 Å². The third-order valence-electron chi connectivity index (χ3n) is 12.6. The average Bonchev–Trinajstić information content (AvgIpc) is 3.93. The number of piperazine rings is 1. The van der Waals surface area contributed by atoms with Crippen LogP contribution in [-0.4, -0.2) is 140 Å². The molecule has 3 aromatic rings. The molecule has 0 bridgehead atoms.